The first-order valence-electron chi connectivity index (χ1n) is 6.34. The molecule has 0 aliphatic carbocycles. The van der Waals surface area contributed by atoms with Gasteiger partial charge in [-0.15, -0.1) is 22.7 Å². The van der Waals surface area contributed by atoms with Gasteiger partial charge in [0, 0.05) is 16.8 Å². The summed E-state index contributed by atoms with van der Waals surface area (Å²) in [5.74, 6) is -1.05. The number of carbonyl (C=O) groups is 1. The maximum atomic E-state index is 10.9. The summed E-state index contributed by atoms with van der Waals surface area (Å²) in [7, 11) is 0. The van der Waals surface area contributed by atoms with Gasteiger partial charge >= 0.3 is 5.97 Å². The van der Waals surface area contributed by atoms with E-state index in [0.717, 1.165) is 18.1 Å². The van der Waals surface area contributed by atoms with E-state index in [1.165, 1.54) is 21.8 Å². The molecule has 3 heterocycles. The Kier molecular flexibility index (Phi) is 3.49. The Balaban J connectivity index is 1.86. The highest BCUT2D eigenvalue weighted by molar-refractivity contribution is 7.13. The van der Waals surface area contributed by atoms with E-state index in [2.05, 4.69) is 28.3 Å². The summed E-state index contributed by atoms with van der Waals surface area (Å²) in [6.07, 6.45) is 1.01. The summed E-state index contributed by atoms with van der Waals surface area (Å²) in [5, 5.41) is 13.6. The molecule has 0 fully saturated rings. The zero-order valence-electron chi connectivity index (χ0n) is 10.9. The van der Waals surface area contributed by atoms with E-state index < -0.39 is 12.0 Å². The number of hydrogen-bond donors (Lipinski definition) is 2. The average Bonchev–Trinajstić information content (AvgIpc) is 3.06. The number of thiazole rings is 1. The van der Waals surface area contributed by atoms with Gasteiger partial charge in [-0.05, 0) is 30.4 Å². The number of hydrogen-bond acceptors (Lipinski definition) is 6. The van der Waals surface area contributed by atoms with E-state index in [-0.39, 0.29) is 6.04 Å². The number of anilines is 1. The molecule has 106 valence electrons. The van der Waals surface area contributed by atoms with Crippen LogP contribution in [0.2, 0.25) is 0 Å². The molecule has 0 bridgehead atoms. The van der Waals surface area contributed by atoms with Crippen LogP contribution in [-0.2, 0) is 11.2 Å². The minimum absolute atomic E-state index is 0.269. The monoisotopic (exact) mass is 309 g/mol. The first kappa shape index (κ1) is 13.5. The second kappa shape index (κ2) is 5.16. The second-order valence-corrected chi connectivity index (χ2v) is 6.63. The van der Waals surface area contributed by atoms with Crippen LogP contribution in [0.5, 0.6) is 0 Å². The van der Waals surface area contributed by atoms with Gasteiger partial charge in [0.1, 0.15) is 6.04 Å². The van der Waals surface area contributed by atoms with Crippen LogP contribution in [0.15, 0.2) is 16.8 Å². The van der Waals surface area contributed by atoms with Gasteiger partial charge < -0.3 is 15.7 Å². The summed E-state index contributed by atoms with van der Waals surface area (Å²) in [6.45, 7) is 3.06. The van der Waals surface area contributed by atoms with E-state index in [1.54, 1.807) is 16.7 Å². The van der Waals surface area contributed by atoms with Crippen molar-refractivity contribution in [3.05, 3.63) is 33.0 Å². The highest BCUT2D eigenvalue weighted by Gasteiger charge is 2.27. The summed E-state index contributed by atoms with van der Waals surface area (Å²) in [4.78, 5) is 19.0. The van der Waals surface area contributed by atoms with Gasteiger partial charge in [-0.25, -0.2) is 4.98 Å². The van der Waals surface area contributed by atoms with Crippen molar-refractivity contribution in [2.24, 2.45) is 5.73 Å². The summed E-state index contributed by atoms with van der Waals surface area (Å²) < 4.78 is 0. The lowest BCUT2D eigenvalue weighted by molar-refractivity contribution is -0.138. The predicted molar refractivity (Wildman–Crippen MR) is 80.5 cm³/mol. The summed E-state index contributed by atoms with van der Waals surface area (Å²) >= 11 is 3.26. The van der Waals surface area contributed by atoms with Gasteiger partial charge in [0.15, 0.2) is 5.13 Å². The van der Waals surface area contributed by atoms with Crippen molar-refractivity contribution in [1.29, 1.82) is 0 Å². The fourth-order valence-corrected chi connectivity index (χ4v) is 4.38. The molecule has 0 aromatic carbocycles. The van der Waals surface area contributed by atoms with Crippen molar-refractivity contribution in [2.75, 3.05) is 11.4 Å². The zero-order chi connectivity index (χ0) is 14.3. The standard InChI is InChI=1S/C13H15N3O2S2/c1-7-8-3-5-19-10(8)2-4-16(7)13-15-9(6-20-13)11(14)12(17)18/h3,5-7,11H,2,4,14H2,1H3,(H,17,18). The lowest BCUT2D eigenvalue weighted by atomic mass is 10.0. The van der Waals surface area contributed by atoms with Gasteiger partial charge in [0.2, 0.25) is 0 Å². The Morgan fingerprint density at radius 3 is 3.15 bits per heavy atom. The van der Waals surface area contributed by atoms with Crippen LogP contribution >= 0.6 is 22.7 Å². The maximum absolute atomic E-state index is 10.9. The summed E-state index contributed by atoms with van der Waals surface area (Å²) in [6, 6.07) is 1.38. The number of fused-ring (bicyclic) bond motifs is 1. The molecule has 0 radical (unpaired) electrons. The van der Waals surface area contributed by atoms with Crippen LogP contribution in [0.1, 0.15) is 35.1 Å². The van der Waals surface area contributed by atoms with Crippen LogP contribution in [0.4, 0.5) is 5.13 Å². The Labute approximate surface area is 124 Å². The van der Waals surface area contributed by atoms with Crippen LogP contribution < -0.4 is 10.6 Å². The number of carboxylic acid groups (broad SMARTS) is 1. The van der Waals surface area contributed by atoms with Crippen LogP contribution in [0.3, 0.4) is 0 Å². The van der Waals surface area contributed by atoms with Crippen LogP contribution in [0, 0.1) is 0 Å². The Morgan fingerprint density at radius 2 is 2.40 bits per heavy atom. The van der Waals surface area contributed by atoms with Crippen molar-refractivity contribution >= 4 is 33.8 Å². The molecule has 2 atom stereocenters. The first-order chi connectivity index (χ1) is 9.58. The molecule has 7 heteroatoms. The lowest BCUT2D eigenvalue weighted by Gasteiger charge is -2.33. The van der Waals surface area contributed by atoms with Crippen LogP contribution in [-0.4, -0.2) is 22.6 Å². The minimum atomic E-state index is -1.05. The molecule has 2 unspecified atom stereocenters. The van der Waals surface area contributed by atoms with E-state index in [1.807, 2.05) is 0 Å². The van der Waals surface area contributed by atoms with Crippen molar-refractivity contribution in [2.45, 2.75) is 25.4 Å². The van der Waals surface area contributed by atoms with Gasteiger partial charge in [0.25, 0.3) is 0 Å². The molecule has 0 amide bonds. The smallest absolute Gasteiger partial charge is 0.326 e. The molecule has 1 aliphatic heterocycles. The molecule has 20 heavy (non-hydrogen) atoms. The summed E-state index contributed by atoms with van der Waals surface area (Å²) in [5.41, 5.74) is 7.38. The average molecular weight is 309 g/mol. The number of aromatic nitrogens is 1. The molecular formula is C13H15N3O2S2. The van der Waals surface area contributed by atoms with Gasteiger partial charge in [0.05, 0.1) is 11.7 Å². The lowest BCUT2D eigenvalue weighted by Crippen LogP contribution is -2.33. The molecular weight excluding hydrogens is 294 g/mol. The maximum Gasteiger partial charge on any atom is 0.326 e. The normalized spacial score (nSPS) is 19.7. The Bertz CT molecular complexity index is 637. The van der Waals surface area contributed by atoms with Crippen molar-refractivity contribution in [3.63, 3.8) is 0 Å². The third kappa shape index (κ3) is 2.21. The number of rotatable bonds is 3. The number of nitrogens with two attached hydrogens (primary N) is 1. The molecule has 3 N–H and O–H groups in total. The number of carboxylic acids is 1. The number of thiophene rings is 1. The Hall–Kier alpha value is -1.44. The largest absolute Gasteiger partial charge is 0.480 e. The second-order valence-electron chi connectivity index (χ2n) is 4.79. The van der Waals surface area contributed by atoms with Crippen LogP contribution in [0.25, 0.3) is 0 Å². The quantitative estimate of drug-likeness (QED) is 0.910. The molecule has 0 saturated heterocycles. The molecule has 5 nitrogen and oxygen atoms in total. The van der Waals surface area contributed by atoms with E-state index in [9.17, 15) is 4.79 Å². The highest BCUT2D eigenvalue weighted by Crippen LogP contribution is 2.37. The van der Waals surface area contributed by atoms with Gasteiger partial charge in [-0.2, -0.15) is 0 Å². The van der Waals surface area contributed by atoms with Gasteiger partial charge in [-0.1, -0.05) is 0 Å². The topological polar surface area (TPSA) is 79.5 Å². The van der Waals surface area contributed by atoms with Gasteiger partial charge in [-0.3, -0.25) is 4.79 Å². The SMILES string of the molecule is CC1c2ccsc2CCN1c1nc(C(N)C(=O)O)cs1. The van der Waals surface area contributed by atoms with E-state index in [4.69, 9.17) is 10.8 Å². The van der Waals surface area contributed by atoms with E-state index in [0.29, 0.717) is 5.69 Å². The molecule has 3 rings (SSSR count). The van der Waals surface area contributed by atoms with Crippen molar-refractivity contribution in [1.82, 2.24) is 4.98 Å². The molecule has 1 aliphatic rings. The first-order valence-corrected chi connectivity index (χ1v) is 8.10. The number of aliphatic carboxylic acids is 1. The molecule has 2 aromatic heterocycles. The minimum Gasteiger partial charge on any atom is -0.480 e. The Morgan fingerprint density at radius 1 is 1.60 bits per heavy atom. The molecule has 2 aromatic rings. The molecule has 0 spiro atoms. The van der Waals surface area contributed by atoms with Crippen molar-refractivity contribution < 1.29 is 9.90 Å². The van der Waals surface area contributed by atoms with Crippen molar-refractivity contribution in [3.8, 4) is 0 Å². The number of nitrogens with zero attached hydrogens (tertiary/aromatic N) is 2. The fourth-order valence-electron chi connectivity index (χ4n) is 2.45. The molecule has 0 saturated carbocycles. The predicted octanol–water partition coefficient (Wildman–Crippen LogP) is 2.41. The third-order valence-electron chi connectivity index (χ3n) is 3.62. The third-order valence-corrected chi connectivity index (χ3v) is 5.51. The zero-order valence-corrected chi connectivity index (χ0v) is 12.6. The fraction of sp³-hybridized carbons (Fsp3) is 0.385. The van der Waals surface area contributed by atoms with E-state index >= 15 is 0 Å². The highest BCUT2D eigenvalue weighted by atomic mass is 32.1.